The number of rotatable bonds is 7. The van der Waals surface area contributed by atoms with Crippen LogP contribution < -0.4 is 5.32 Å². The Hall–Kier alpha value is -0.920. The van der Waals surface area contributed by atoms with Gasteiger partial charge in [0.2, 0.25) is 10.0 Å². The summed E-state index contributed by atoms with van der Waals surface area (Å²) in [5, 5.41) is 7.33. The zero-order valence-electron chi connectivity index (χ0n) is 12.2. The van der Waals surface area contributed by atoms with Crippen molar-refractivity contribution in [3.05, 3.63) is 12.4 Å². The van der Waals surface area contributed by atoms with Crippen molar-refractivity contribution in [1.82, 2.24) is 19.4 Å². The molecule has 0 atom stereocenters. The number of hydrogen-bond acceptors (Lipinski definition) is 4. The van der Waals surface area contributed by atoms with Crippen LogP contribution in [0.1, 0.15) is 32.6 Å². The average molecular weight is 300 g/mol. The van der Waals surface area contributed by atoms with Crippen LogP contribution in [0.25, 0.3) is 0 Å². The molecule has 1 N–H and O–H groups in total. The summed E-state index contributed by atoms with van der Waals surface area (Å²) < 4.78 is 28.2. The van der Waals surface area contributed by atoms with Gasteiger partial charge in [0, 0.05) is 25.8 Å². The fourth-order valence-corrected chi connectivity index (χ4v) is 3.97. The van der Waals surface area contributed by atoms with E-state index in [2.05, 4.69) is 10.4 Å². The van der Waals surface area contributed by atoms with Gasteiger partial charge in [0.1, 0.15) is 4.90 Å². The van der Waals surface area contributed by atoms with Gasteiger partial charge in [0.05, 0.1) is 12.7 Å². The molecule has 1 aromatic rings. The van der Waals surface area contributed by atoms with Crippen LogP contribution in [0.2, 0.25) is 0 Å². The van der Waals surface area contributed by atoms with E-state index in [9.17, 15) is 8.42 Å². The number of hydrogen-bond donors (Lipinski definition) is 1. The van der Waals surface area contributed by atoms with Crippen molar-refractivity contribution in [3.8, 4) is 0 Å². The molecule has 1 fully saturated rings. The van der Waals surface area contributed by atoms with Crippen molar-refractivity contribution in [2.24, 2.45) is 0 Å². The first-order valence-corrected chi connectivity index (χ1v) is 8.71. The van der Waals surface area contributed by atoms with Gasteiger partial charge in [-0.15, -0.1) is 0 Å². The van der Waals surface area contributed by atoms with Gasteiger partial charge < -0.3 is 5.32 Å². The minimum atomic E-state index is -3.40. The van der Waals surface area contributed by atoms with Crippen molar-refractivity contribution >= 4 is 10.0 Å². The first-order valence-electron chi connectivity index (χ1n) is 7.27. The summed E-state index contributed by atoms with van der Waals surface area (Å²) in [5.41, 5.74) is 0. The zero-order valence-corrected chi connectivity index (χ0v) is 13.1. The van der Waals surface area contributed by atoms with Crippen molar-refractivity contribution in [2.45, 2.75) is 50.1 Å². The maximum Gasteiger partial charge on any atom is 0.246 e. The first-order chi connectivity index (χ1) is 9.55. The molecular formula is C13H24N4O2S. The molecule has 1 heterocycles. The lowest BCUT2D eigenvalue weighted by Gasteiger charge is -2.22. The Labute approximate surface area is 121 Å². The minimum absolute atomic E-state index is 0.144. The highest BCUT2D eigenvalue weighted by Gasteiger charge is 2.30. The summed E-state index contributed by atoms with van der Waals surface area (Å²) >= 11 is 0. The molecule has 1 aromatic heterocycles. The van der Waals surface area contributed by atoms with Crippen LogP contribution in [0, 0.1) is 0 Å². The summed E-state index contributed by atoms with van der Waals surface area (Å²) in [4.78, 5) is 0.295. The molecule has 0 aromatic carbocycles. The highest BCUT2D eigenvalue weighted by atomic mass is 32.2. The van der Waals surface area contributed by atoms with Gasteiger partial charge in [-0.1, -0.05) is 19.8 Å². The summed E-state index contributed by atoms with van der Waals surface area (Å²) in [6, 6.07) is 0.144. The Balaban J connectivity index is 2.05. The molecule has 1 aliphatic rings. The maximum atomic E-state index is 12.5. The van der Waals surface area contributed by atoms with Crippen LogP contribution in [-0.4, -0.2) is 48.7 Å². The number of likely N-dealkylation sites (N-methyl/N-ethyl adjacent to an activating group) is 1. The second-order valence-electron chi connectivity index (χ2n) is 5.25. The molecule has 2 rings (SSSR count). The lowest BCUT2D eigenvalue weighted by molar-refractivity contribution is 0.373. The van der Waals surface area contributed by atoms with Gasteiger partial charge in [0.15, 0.2) is 0 Å². The van der Waals surface area contributed by atoms with Crippen molar-refractivity contribution in [1.29, 1.82) is 0 Å². The van der Waals surface area contributed by atoms with Crippen LogP contribution in [0.3, 0.4) is 0 Å². The molecule has 1 saturated carbocycles. The summed E-state index contributed by atoms with van der Waals surface area (Å²) in [6.45, 7) is 4.40. The summed E-state index contributed by atoms with van der Waals surface area (Å²) in [7, 11) is -1.72. The number of sulfonamides is 1. The smallest absolute Gasteiger partial charge is 0.246 e. The molecule has 0 unspecified atom stereocenters. The van der Waals surface area contributed by atoms with Crippen LogP contribution in [0.4, 0.5) is 0 Å². The molecule has 114 valence electrons. The predicted molar refractivity (Wildman–Crippen MR) is 78.0 cm³/mol. The van der Waals surface area contributed by atoms with E-state index < -0.39 is 10.0 Å². The number of nitrogens with one attached hydrogen (secondary N) is 1. The van der Waals surface area contributed by atoms with Gasteiger partial charge in [-0.3, -0.25) is 4.68 Å². The molecule has 0 radical (unpaired) electrons. The van der Waals surface area contributed by atoms with Gasteiger partial charge in [-0.25, -0.2) is 8.42 Å². The van der Waals surface area contributed by atoms with Crippen LogP contribution in [0.15, 0.2) is 17.3 Å². The molecule has 20 heavy (non-hydrogen) atoms. The normalized spacial score (nSPS) is 17.1. The molecule has 0 aliphatic heterocycles. The minimum Gasteiger partial charge on any atom is -0.315 e. The Morgan fingerprint density at radius 1 is 1.45 bits per heavy atom. The lowest BCUT2D eigenvalue weighted by atomic mass is 10.3. The van der Waals surface area contributed by atoms with E-state index in [0.29, 0.717) is 11.4 Å². The molecule has 0 saturated heterocycles. The zero-order chi connectivity index (χ0) is 14.6. The van der Waals surface area contributed by atoms with E-state index in [4.69, 9.17) is 0 Å². The molecular weight excluding hydrogens is 276 g/mol. The SMILES string of the molecule is CCNCCn1cc(S(=O)(=O)N(C)C2CCCC2)cn1. The molecule has 0 bridgehead atoms. The topological polar surface area (TPSA) is 67.2 Å². The third kappa shape index (κ3) is 3.39. The fraction of sp³-hybridized carbons (Fsp3) is 0.769. The lowest BCUT2D eigenvalue weighted by Crippen LogP contribution is -2.35. The second-order valence-corrected chi connectivity index (χ2v) is 7.25. The van der Waals surface area contributed by atoms with Gasteiger partial charge in [0.25, 0.3) is 0 Å². The maximum absolute atomic E-state index is 12.5. The van der Waals surface area contributed by atoms with E-state index in [-0.39, 0.29) is 6.04 Å². The van der Waals surface area contributed by atoms with Gasteiger partial charge in [-0.05, 0) is 19.4 Å². The van der Waals surface area contributed by atoms with Gasteiger partial charge >= 0.3 is 0 Å². The molecule has 7 heteroatoms. The Morgan fingerprint density at radius 3 is 2.80 bits per heavy atom. The average Bonchev–Trinajstić information content (AvgIpc) is 3.09. The van der Waals surface area contributed by atoms with E-state index >= 15 is 0 Å². The predicted octanol–water partition coefficient (Wildman–Crippen LogP) is 1.06. The van der Waals surface area contributed by atoms with E-state index in [1.165, 1.54) is 10.5 Å². The molecule has 0 spiro atoms. The molecule has 6 nitrogen and oxygen atoms in total. The summed E-state index contributed by atoms with van der Waals surface area (Å²) in [6.07, 6.45) is 7.23. The third-order valence-electron chi connectivity index (χ3n) is 3.89. The highest BCUT2D eigenvalue weighted by Crippen LogP contribution is 2.26. The quantitative estimate of drug-likeness (QED) is 0.765. The van der Waals surface area contributed by atoms with Gasteiger partial charge in [-0.2, -0.15) is 9.40 Å². The van der Waals surface area contributed by atoms with E-state index in [1.54, 1.807) is 17.9 Å². The largest absolute Gasteiger partial charge is 0.315 e. The number of aromatic nitrogens is 2. The Morgan fingerprint density at radius 2 is 2.15 bits per heavy atom. The van der Waals surface area contributed by atoms with Crippen LogP contribution in [-0.2, 0) is 16.6 Å². The van der Waals surface area contributed by atoms with E-state index in [1.807, 2.05) is 6.92 Å². The third-order valence-corrected chi connectivity index (χ3v) is 5.76. The van der Waals surface area contributed by atoms with Crippen molar-refractivity contribution in [2.75, 3.05) is 20.1 Å². The Kier molecular flexibility index (Phi) is 5.17. The van der Waals surface area contributed by atoms with Crippen molar-refractivity contribution in [3.63, 3.8) is 0 Å². The summed E-state index contributed by atoms with van der Waals surface area (Å²) in [5.74, 6) is 0. The van der Waals surface area contributed by atoms with Crippen molar-refractivity contribution < 1.29 is 8.42 Å². The second kappa shape index (κ2) is 6.69. The monoisotopic (exact) mass is 300 g/mol. The number of nitrogens with zero attached hydrogens (tertiary/aromatic N) is 3. The van der Waals surface area contributed by atoms with Crippen LogP contribution in [0.5, 0.6) is 0 Å². The first kappa shape index (κ1) is 15.5. The fourth-order valence-electron chi connectivity index (χ4n) is 2.60. The molecule has 0 amide bonds. The Bertz CT molecular complexity index is 520. The van der Waals surface area contributed by atoms with E-state index in [0.717, 1.165) is 38.8 Å². The van der Waals surface area contributed by atoms with Crippen LogP contribution >= 0.6 is 0 Å². The molecule has 1 aliphatic carbocycles. The standard InChI is InChI=1S/C13H24N4O2S/c1-3-14-8-9-17-11-13(10-15-17)20(18,19)16(2)12-6-4-5-7-12/h10-12,14H,3-9H2,1-2H3. The highest BCUT2D eigenvalue weighted by molar-refractivity contribution is 7.89.